The zero-order chi connectivity index (χ0) is 24.7. The molecule has 10 heteroatoms. The number of nitrogens with zero attached hydrogens (tertiary/aromatic N) is 4. The van der Waals surface area contributed by atoms with Crippen molar-refractivity contribution in [3.8, 4) is 16.9 Å². The number of hydrogen-bond acceptors (Lipinski definition) is 6. The van der Waals surface area contributed by atoms with Crippen LogP contribution in [-0.4, -0.2) is 30.6 Å². The van der Waals surface area contributed by atoms with Crippen molar-refractivity contribution in [3.05, 3.63) is 76.4 Å². The van der Waals surface area contributed by atoms with Crippen LogP contribution in [0.25, 0.3) is 22.4 Å². The molecule has 3 heterocycles. The van der Waals surface area contributed by atoms with Crippen LogP contribution in [0.3, 0.4) is 0 Å². The summed E-state index contributed by atoms with van der Waals surface area (Å²) in [5, 5.41) is 9.72. The van der Waals surface area contributed by atoms with Crippen LogP contribution in [0.4, 0.5) is 10.2 Å². The number of rotatable bonds is 6. The van der Waals surface area contributed by atoms with E-state index in [1.165, 1.54) is 18.3 Å². The summed E-state index contributed by atoms with van der Waals surface area (Å²) in [6.07, 6.45) is 4.42. The molecule has 0 spiro atoms. The van der Waals surface area contributed by atoms with Gasteiger partial charge in [-0.2, -0.15) is 0 Å². The standard InChI is InChI=1S/C24H22Cl2FN5O2/c1-11(2)34-21-15(12(3)24-31-22(26)20-23(28)29-7-8-32(20)24)9-16(25)19(27)18(21)14-5-6-17(13(4)33)30-10-14/h5-12,33H,4H2,1-3H3,(H2,28,29). The molecule has 0 bridgehead atoms. The lowest BCUT2D eigenvalue weighted by Crippen LogP contribution is -2.13. The first-order chi connectivity index (χ1) is 16.1. The van der Waals surface area contributed by atoms with Crippen molar-refractivity contribution >= 4 is 40.3 Å². The highest BCUT2D eigenvalue weighted by Gasteiger charge is 2.28. The van der Waals surface area contributed by atoms with Crippen molar-refractivity contribution in [2.45, 2.75) is 32.8 Å². The van der Waals surface area contributed by atoms with Crippen molar-refractivity contribution in [3.63, 3.8) is 0 Å². The Balaban J connectivity index is 1.96. The molecule has 176 valence electrons. The lowest BCUT2D eigenvalue weighted by atomic mass is 9.93. The molecule has 0 radical (unpaired) electrons. The summed E-state index contributed by atoms with van der Waals surface area (Å²) >= 11 is 12.7. The Hall–Kier alpha value is -3.36. The summed E-state index contributed by atoms with van der Waals surface area (Å²) in [6, 6.07) is 4.69. The molecule has 0 aliphatic carbocycles. The molecule has 7 nitrogen and oxygen atoms in total. The van der Waals surface area contributed by atoms with Crippen molar-refractivity contribution < 1.29 is 14.2 Å². The maximum atomic E-state index is 15.4. The molecule has 34 heavy (non-hydrogen) atoms. The minimum atomic E-state index is -0.648. The highest BCUT2D eigenvalue weighted by molar-refractivity contribution is 6.33. The fraction of sp³-hybridized carbons (Fsp3) is 0.208. The normalized spacial score (nSPS) is 12.3. The van der Waals surface area contributed by atoms with Crippen molar-refractivity contribution in [1.82, 2.24) is 19.4 Å². The number of benzene rings is 1. The molecule has 1 atom stereocenters. The number of nitrogens with two attached hydrogens (primary N) is 1. The summed E-state index contributed by atoms with van der Waals surface area (Å²) in [7, 11) is 0. The van der Waals surface area contributed by atoms with Gasteiger partial charge in [0.15, 0.2) is 16.8 Å². The van der Waals surface area contributed by atoms with Gasteiger partial charge in [0.1, 0.15) is 28.5 Å². The molecular formula is C24H22Cl2FN5O2. The number of ether oxygens (including phenoxy) is 1. The maximum absolute atomic E-state index is 15.4. The molecule has 4 aromatic rings. The Morgan fingerprint density at radius 1 is 1.24 bits per heavy atom. The van der Waals surface area contributed by atoms with E-state index < -0.39 is 11.7 Å². The average molecular weight is 502 g/mol. The first-order valence-electron chi connectivity index (χ1n) is 10.4. The molecule has 4 rings (SSSR count). The van der Waals surface area contributed by atoms with Crippen molar-refractivity contribution in [1.29, 1.82) is 0 Å². The van der Waals surface area contributed by atoms with E-state index in [0.717, 1.165) is 0 Å². The van der Waals surface area contributed by atoms with E-state index in [9.17, 15) is 5.11 Å². The largest absolute Gasteiger partial charge is 0.506 e. The number of aromatic nitrogens is 4. The van der Waals surface area contributed by atoms with E-state index >= 15 is 4.39 Å². The second-order valence-electron chi connectivity index (χ2n) is 8.02. The van der Waals surface area contributed by atoms with Gasteiger partial charge in [-0.25, -0.2) is 14.4 Å². The number of aliphatic hydroxyl groups excluding tert-OH is 1. The van der Waals surface area contributed by atoms with Gasteiger partial charge < -0.3 is 15.6 Å². The molecule has 1 unspecified atom stereocenters. The van der Waals surface area contributed by atoms with Crippen LogP contribution in [0.1, 0.15) is 43.8 Å². The molecular weight excluding hydrogens is 480 g/mol. The van der Waals surface area contributed by atoms with Crippen LogP contribution in [0.5, 0.6) is 5.75 Å². The summed E-state index contributed by atoms with van der Waals surface area (Å²) < 4.78 is 23.3. The van der Waals surface area contributed by atoms with Crippen LogP contribution in [0.15, 0.2) is 43.4 Å². The van der Waals surface area contributed by atoms with Gasteiger partial charge in [-0.15, -0.1) is 0 Å². The van der Waals surface area contributed by atoms with Gasteiger partial charge in [-0.05, 0) is 26.0 Å². The van der Waals surface area contributed by atoms with Crippen LogP contribution < -0.4 is 10.5 Å². The Bertz CT molecular complexity index is 1400. The zero-order valence-electron chi connectivity index (χ0n) is 18.7. The number of anilines is 1. The van der Waals surface area contributed by atoms with Gasteiger partial charge in [0.25, 0.3) is 0 Å². The smallest absolute Gasteiger partial charge is 0.158 e. The Labute approximate surface area is 205 Å². The highest BCUT2D eigenvalue weighted by Crippen LogP contribution is 2.44. The average Bonchev–Trinajstić information content (AvgIpc) is 3.13. The third-order valence-corrected chi connectivity index (χ3v) is 5.86. The molecule has 0 aliphatic rings. The zero-order valence-corrected chi connectivity index (χ0v) is 20.2. The number of imidazole rings is 1. The van der Waals surface area contributed by atoms with Crippen molar-refractivity contribution in [2.24, 2.45) is 0 Å². The molecule has 3 aromatic heterocycles. The highest BCUT2D eigenvalue weighted by atomic mass is 35.5. The third kappa shape index (κ3) is 4.15. The Kier molecular flexibility index (Phi) is 6.38. The Morgan fingerprint density at radius 2 is 1.97 bits per heavy atom. The number of fused-ring (bicyclic) bond motifs is 1. The molecule has 3 N–H and O–H groups in total. The third-order valence-electron chi connectivity index (χ3n) is 5.32. The fourth-order valence-electron chi connectivity index (χ4n) is 3.77. The quantitative estimate of drug-likeness (QED) is 0.301. The van der Waals surface area contributed by atoms with Crippen LogP contribution in [0.2, 0.25) is 10.2 Å². The van der Waals surface area contributed by atoms with E-state index in [4.69, 9.17) is 33.7 Å². The summed E-state index contributed by atoms with van der Waals surface area (Å²) in [6.45, 7) is 9.03. The Morgan fingerprint density at radius 3 is 2.59 bits per heavy atom. The van der Waals surface area contributed by atoms with Crippen molar-refractivity contribution in [2.75, 3.05) is 5.73 Å². The van der Waals surface area contributed by atoms with Gasteiger partial charge >= 0.3 is 0 Å². The summed E-state index contributed by atoms with van der Waals surface area (Å²) in [5.41, 5.74) is 7.93. The lowest BCUT2D eigenvalue weighted by molar-refractivity contribution is 0.239. The number of hydrogen-bond donors (Lipinski definition) is 2. The number of pyridine rings is 1. The topological polar surface area (TPSA) is 98.6 Å². The first-order valence-corrected chi connectivity index (χ1v) is 11.2. The van der Waals surface area contributed by atoms with E-state index in [-0.39, 0.29) is 39.1 Å². The summed E-state index contributed by atoms with van der Waals surface area (Å²) in [5.74, 6) is -0.158. The molecule has 0 aliphatic heterocycles. The van der Waals surface area contributed by atoms with E-state index in [1.54, 1.807) is 22.9 Å². The minimum absolute atomic E-state index is 0.0864. The monoisotopic (exact) mass is 501 g/mol. The molecule has 0 saturated carbocycles. The predicted molar refractivity (Wildman–Crippen MR) is 132 cm³/mol. The summed E-state index contributed by atoms with van der Waals surface area (Å²) in [4.78, 5) is 12.7. The SMILES string of the molecule is C=C(O)c1ccc(-c2c(F)c(Cl)cc(C(C)c3nc(Cl)c4c(N)nccn34)c2OC(C)C)cn1. The van der Waals surface area contributed by atoms with Gasteiger partial charge in [-0.1, -0.05) is 42.8 Å². The molecule has 0 saturated heterocycles. The van der Waals surface area contributed by atoms with Crippen LogP contribution in [-0.2, 0) is 0 Å². The molecule has 0 amide bonds. The fourth-order valence-corrected chi connectivity index (χ4v) is 4.26. The van der Waals surface area contributed by atoms with Gasteiger partial charge in [-0.3, -0.25) is 9.38 Å². The van der Waals surface area contributed by atoms with E-state index in [2.05, 4.69) is 21.5 Å². The molecule has 1 aromatic carbocycles. The molecule has 0 fully saturated rings. The first kappa shape index (κ1) is 23.8. The van der Waals surface area contributed by atoms with E-state index in [1.807, 2.05) is 20.8 Å². The predicted octanol–water partition coefficient (Wildman–Crippen LogP) is 6.29. The van der Waals surface area contributed by atoms with Gasteiger partial charge in [0.05, 0.1) is 16.7 Å². The second kappa shape index (κ2) is 9.12. The van der Waals surface area contributed by atoms with E-state index in [0.29, 0.717) is 28.2 Å². The van der Waals surface area contributed by atoms with Crippen LogP contribution in [0, 0.1) is 5.82 Å². The second-order valence-corrected chi connectivity index (χ2v) is 8.79. The van der Waals surface area contributed by atoms with Gasteiger partial charge in [0, 0.05) is 35.6 Å². The number of nitrogen functional groups attached to an aromatic ring is 1. The number of aliphatic hydroxyl groups is 1. The van der Waals surface area contributed by atoms with Crippen LogP contribution >= 0.6 is 23.2 Å². The maximum Gasteiger partial charge on any atom is 0.158 e. The lowest BCUT2D eigenvalue weighted by Gasteiger charge is -2.23. The minimum Gasteiger partial charge on any atom is -0.506 e. The van der Waals surface area contributed by atoms with Gasteiger partial charge in [0.2, 0.25) is 0 Å². The number of halogens is 3.